The predicted molar refractivity (Wildman–Crippen MR) is 49.9 cm³/mol. The average Bonchev–Trinajstić information content (AvgIpc) is 2.00. The van der Waals surface area contributed by atoms with Gasteiger partial charge in [0.05, 0.1) is 0 Å². The first kappa shape index (κ1) is 12.6. The molecule has 78 valence electrons. The van der Waals surface area contributed by atoms with E-state index in [9.17, 15) is 9.36 Å². The largest absolute Gasteiger partial charge is 0.417 e. The van der Waals surface area contributed by atoms with Crippen molar-refractivity contribution in [3.8, 4) is 0 Å². The van der Waals surface area contributed by atoms with Crippen LogP contribution in [0, 0.1) is 0 Å². The lowest BCUT2D eigenvalue weighted by molar-refractivity contribution is 0.227. The van der Waals surface area contributed by atoms with E-state index in [1.165, 1.54) is 14.2 Å². The molecule has 0 aromatic carbocycles. The van der Waals surface area contributed by atoms with E-state index in [0.29, 0.717) is 0 Å². The minimum atomic E-state index is -3.62. The lowest BCUT2D eigenvalue weighted by Crippen LogP contribution is -2.39. The highest BCUT2D eigenvalue weighted by molar-refractivity contribution is 7.71. The highest BCUT2D eigenvalue weighted by atomic mass is 31.2. The fraction of sp³-hybridized carbons (Fsp3) is 0.857. The Morgan fingerprint density at radius 2 is 1.62 bits per heavy atom. The molecule has 0 rings (SSSR count). The Morgan fingerprint density at radius 1 is 1.23 bits per heavy atom. The van der Waals surface area contributed by atoms with Gasteiger partial charge in [0.25, 0.3) is 0 Å². The monoisotopic (exact) mass is 209 g/mol. The fourth-order valence-electron chi connectivity index (χ4n) is 0.630. The van der Waals surface area contributed by atoms with Crippen molar-refractivity contribution in [2.75, 3.05) is 14.2 Å². The van der Waals surface area contributed by atoms with Crippen LogP contribution in [-0.2, 0) is 13.6 Å². The highest BCUT2D eigenvalue weighted by Gasteiger charge is 2.34. The van der Waals surface area contributed by atoms with Gasteiger partial charge in [0.1, 0.15) is 0 Å². The van der Waals surface area contributed by atoms with E-state index in [0.717, 1.165) is 0 Å². The van der Waals surface area contributed by atoms with Crippen molar-refractivity contribution in [2.45, 2.75) is 26.3 Å². The van der Waals surface area contributed by atoms with Crippen LogP contribution in [0.25, 0.3) is 0 Å². The van der Waals surface area contributed by atoms with Gasteiger partial charge in [0.2, 0.25) is 0 Å². The zero-order valence-corrected chi connectivity index (χ0v) is 9.47. The van der Waals surface area contributed by atoms with E-state index in [1.54, 1.807) is 20.8 Å². The van der Waals surface area contributed by atoms with E-state index >= 15 is 0 Å². The summed E-state index contributed by atoms with van der Waals surface area (Å²) in [7, 11) is -1.27. The van der Waals surface area contributed by atoms with Crippen LogP contribution in [0.5, 0.6) is 0 Å². The molecule has 0 radical (unpaired) electrons. The number of amides is 1. The summed E-state index contributed by atoms with van der Waals surface area (Å²) in [5, 5.41) is 2.51. The lowest BCUT2D eigenvalue weighted by Gasteiger charge is -2.22. The van der Waals surface area contributed by atoms with Crippen molar-refractivity contribution in [3.63, 3.8) is 0 Å². The molecule has 0 saturated carbocycles. The van der Waals surface area contributed by atoms with Crippen LogP contribution in [0.1, 0.15) is 20.8 Å². The third-order valence-electron chi connectivity index (χ3n) is 1.21. The van der Waals surface area contributed by atoms with E-state index in [-0.39, 0.29) is 0 Å². The average molecular weight is 209 g/mol. The molecule has 0 aromatic rings. The van der Waals surface area contributed by atoms with E-state index in [1.807, 2.05) is 0 Å². The molecule has 1 N–H and O–H groups in total. The third-order valence-corrected chi connectivity index (χ3v) is 2.78. The maximum absolute atomic E-state index is 11.5. The Kier molecular flexibility index (Phi) is 4.10. The molecule has 0 bridgehead atoms. The second kappa shape index (κ2) is 4.22. The molecule has 0 aliphatic carbocycles. The maximum atomic E-state index is 11.5. The van der Waals surface area contributed by atoms with Gasteiger partial charge in [0.15, 0.2) is 0 Å². The zero-order valence-electron chi connectivity index (χ0n) is 8.58. The van der Waals surface area contributed by atoms with Crippen LogP contribution < -0.4 is 5.32 Å². The van der Waals surface area contributed by atoms with Crippen LogP contribution in [0.4, 0.5) is 4.79 Å². The van der Waals surface area contributed by atoms with Gasteiger partial charge in [-0.25, -0.2) is 4.57 Å². The summed E-state index contributed by atoms with van der Waals surface area (Å²) in [6.07, 6.45) is 0. The van der Waals surface area contributed by atoms with Gasteiger partial charge >= 0.3 is 13.2 Å². The van der Waals surface area contributed by atoms with Crippen molar-refractivity contribution in [2.24, 2.45) is 0 Å². The molecule has 0 spiro atoms. The van der Waals surface area contributed by atoms with Gasteiger partial charge in [-0.05, 0) is 20.8 Å². The molecule has 0 unspecified atom stereocenters. The second-order valence-corrected chi connectivity index (χ2v) is 5.67. The third kappa shape index (κ3) is 3.89. The van der Waals surface area contributed by atoms with Crippen LogP contribution >= 0.6 is 7.60 Å². The Labute approximate surface area is 78.3 Å². The SMILES string of the molecule is COP(=O)(OC)C(=O)NC(C)(C)C. The molecular weight excluding hydrogens is 193 g/mol. The molecule has 0 saturated heterocycles. The minimum absolute atomic E-state index is 0.455. The normalized spacial score (nSPS) is 12.7. The first-order valence-corrected chi connectivity index (χ1v) is 5.33. The van der Waals surface area contributed by atoms with Gasteiger partial charge in [-0.15, -0.1) is 0 Å². The molecule has 13 heavy (non-hydrogen) atoms. The molecule has 1 amide bonds. The van der Waals surface area contributed by atoms with Crippen LogP contribution in [-0.4, -0.2) is 25.4 Å². The quantitative estimate of drug-likeness (QED) is 0.722. The molecular formula is C7H16NO4P. The predicted octanol–water partition coefficient (Wildman–Crippen LogP) is 1.98. The maximum Gasteiger partial charge on any atom is 0.417 e. The Balaban J connectivity index is 4.51. The van der Waals surface area contributed by atoms with Crippen LogP contribution in [0.15, 0.2) is 0 Å². The van der Waals surface area contributed by atoms with Crippen molar-refractivity contribution in [1.82, 2.24) is 5.32 Å². The molecule has 0 atom stereocenters. The molecule has 0 aromatic heterocycles. The Hall–Kier alpha value is -0.380. The molecule has 0 aliphatic rings. The van der Waals surface area contributed by atoms with Gasteiger partial charge in [-0.2, -0.15) is 0 Å². The highest BCUT2D eigenvalue weighted by Crippen LogP contribution is 2.47. The van der Waals surface area contributed by atoms with Gasteiger partial charge < -0.3 is 14.4 Å². The van der Waals surface area contributed by atoms with Gasteiger partial charge in [0, 0.05) is 19.8 Å². The first-order chi connectivity index (χ1) is 5.75. The first-order valence-electron chi connectivity index (χ1n) is 3.79. The Bertz CT molecular complexity index is 225. The summed E-state index contributed by atoms with van der Waals surface area (Å²) in [5.41, 5.74) is -1.17. The van der Waals surface area contributed by atoms with Crippen molar-refractivity contribution >= 4 is 13.2 Å². The summed E-state index contributed by atoms with van der Waals surface area (Å²) in [4.78, 5) is 11.3. The molecule has 0 heterocycles. The number of nitrogens with one attached hydrogen (secondary N) is 1. The Morgan fingerprint density at radius 3 is 1.85 bits per heavy atom. The van der Waals surface area contributed by atoms with Crippen molar-refractivity contribution in [1.29, 1.82) is 0 Å². The summed E-state index contributed by atoms with van der Waals surface area (Å²) in [6.45, 7) is 5.34. The van der Waals surface area contributed by atoms with Crippen molar-refractivity contribution in [3.05, 3.63) is 0 Å². The van der Waals surface area contributed by atoms with Crippen LogP contribution in [0.3, 0.4) is 0 Å². The lowest BCUT2D eigenvalue weighted by atomic mass is 10.1. The standard InChI is InChI=1S/C7H16NO4P/c1-7(2,3)8-6(9)13(10,11-4)12-5/h1-5H3,(H,8,9). The zero-order chi connectivity index (χ0) is 10.7. The summed E-state index contributed by atoms with van der Waals surface area (Å²) < 4.78 is 20.5. The van der Waals surface area contributed by atoms with E-state index in [4.69, 9.17) is 0 Å². The topological polar surface area (TPSA) is 64.6 Å². The number of carbonyl (C=O) groups excluding carboxylic acids is 1. The summed E-state index contributed by atoms with van der Waals surface area (Å²) in [6, 6.07) is 0. The number of hydrogen-bond donors (Lipinski definition) is 1. The van der Waals surface area contributed by atoms with E-state index < -0.39 is 18.8 Å². The van der Waals surface area contributed by atoms with E-state index in [2.05, 4.69) is 14.4 Å². The molecule has 5 nitrogen and oxygen atoms in total. The number of hydrogen-bond acceptors (Lipinski definition) is 4. The van der Waals surface area contributed by atoms with Crippen LogP contribution in [0.2, 0.25) is 0 Å². The molecule has 0 aliphatic heterocycles. The van der Waals surface area contributed by atoms with Gasteiger partial charge in [-0.1, -0.05) is 0 Å². The van der Waals surface area contributed by atoms with Crippen molar-refractivity contribution < 1.29 is 18.4 Å². The second-order valence-electron chi connectivity index (χ2n) is 3.54. The molecule has 6 heteroatoms. The number of carbonyl (C=O) groups is 1. The smallest absolute Gasteiger partial charge is 0.341 e. The summed E-state index contributed by atoms with van der Waals surface area (Å²) in [5.74, 6) is 0. The fourth-order valence-corrected chi connectivity index (χ4v) is 1.58. The minimum Gasteiger partial charge on any atom is -0.341 e. The summed E-state index contributed by atoms with van der Waals surface area (Å²) >= 11 is 0. The molecule has 0 fully saturated rings. The van der Waals surface area contributed by atoms with Gasteiger partial charge in [-0.3, -0.25) is 4.79 Å². The number of rotatable bonds is 3.